The van der Waals surface area contributed by atoms with Gasteiger partial charge in [0.25, 0.3) is 5.69 Å². The predicted octanol–water partition coefficient (Wildman–Crippen LogP) is 1.18. The van der Waals surface area contributed by atoms with Crippen LogP contribution in [0.1, 0.15) is 23.7 Å². The van der Waals surface area contributed by atoms with E-state index in [4.69, 9.17) is 5.26 Å². The van der Waals surface area contributed by atoms with Crippen molar-refractivity contribution in [1.29, 1.82) is 5.26 Å². The van der Waals surface area contributed by atoms with Crippen molar-refractivity contribution >= 4 is 18.3 Å². The van der Waals surface area contributed by atoms with E-state index in [1.54, 1.807) is 6.07 Å². The number of rotatable bonds is 5. The molecule has 7 heteroatoms. The molecule has 0 heterocycles. The first-order chi connectivity index (χ1) is 8.51. The van der Waals surface area contributed by atoms with Gasteiger partial charge in [-0.05, 0) is 24.3 Å². The summed E-state index contributed by atoms with van der Waals surface area (Å²) in [5.41, 5.74) is -0.255. The van der Waals surface area contributed by atoms with E-state index < -0.39 is 17.1 Å². The van der Waals surface area contributed by atoms with Crippen LogP contribution in [0.3, 0.4) is 0 Å². The first kappa shape index (κ1) is 14.4. The molecule has 1 aromatic rings. The van der Waals surface area contributed by atoms with E-state index in [-0.39, 0.29) is 23.2 Å². The van der Waals surface area contributed by atoms with Crippen molar-refractivity contribution in [1.82, 2.24) is 0 Å². The minimum Gasteiger partial charge on any atom is -0.390 e. The van der Waals surface area contributed by atoms with E-state index in [9.17, 15) is 20.3 Å². The molecule has 0 saturated heterocycles. The van der Waals surface area contributed by atoms with Crippen LogP contribution in [0.2, 0.25) is 0 Å². The van der Waals surface area contributed by atoms with Crippen molar-refractivity contribution in [2.75, 3.05) is 5.75 Å². The first-order valence-corrected chi connectivity index (χ1v) is 5.80. The van der Waals surface area contributed by atoms with E-state index in [0.29, 0.717) is 5.75 Å². The molecule has 0 amide bonds. The zero-order valence-corrected chi connectivity index (χ0v) is 10.2. The van der Waals surface area contributed by atoms with Crippen LogP contribution in [0.4, 0.5) is 5.69 Å². The van der Waals surface area contributed by atoms with Gasteiger partial charge in [0.2, 0.25) is 0 Å². The Kier molecular flexibility index (Phi) is 5.09. The van der Waals surface area contributed by atoms with Gasteiger partial charge >= 0.3 is 0 Å². The van der Waals surface area contributed by atoms with Gasteiger partial charge in [0.05, 0.1) is 28.2 Å². The highest BCUT2D eigenvalue weighted by Gasteiger charge is 2.26. The molecule has 1 rings (SSSR count). The Morgan fingerprint density at radius 2 is 2.17 bits per heavy atom. The zero-order chi connectivity index (χ0) is 13.7. The molecular formula is C11H12N2O4S. The minimum absolute atomic E-state index is 0.00622. The second-order valence-electron chi connectivity index (χ2n) is 3.67. The molecule has 96 valence electrons. The summed E-state index contributed by atoms with van der Waals surface area (Å²) in [4.78, 5) is 10.2. The third kappa shape index (κ3) is 3.20. The summed E-state index contributed by atoms with van der Waals surface area (Å²) in [6.07, 6.45) is -2.29. The molecule has 0 saturated carbocycles. The van der Waals surface area contributed by atoms with Crippen molar-refractivity contribution < 1.29 is 15.1 Å². The molecule has 2 unspecified atom stereocenters. The largest absolute Gasteiger partial charge is 0.390 e. The summed E-state index contributed by atoms with van der Waals surface area (Å²) < 4.78 is 0. The van der Waals surface area contributed by atoms with Crippen molar-refractivity contribution in [2.24, 2.45) is 0 Å². The number of nitriles is 1. The summed E-state index contributed by atoms with van der Waals surface area (Å²) in [6.45, 7) is 0. The summed E-state index contributed by atoms with van der Waals surface area (Å²) in [5.74, 6) is 0.350. The van der Waals surface area contributed by atoms with Gasteiger partial charge in [-0.25, -0.2) is 0 Å². The van der Waals surface area contributed by atoms with Gasteiger partial charge in [0.1, 0.15) is 6.10 Å². The number of nitro benzene ring substituents is 1. The Bertz CT molecular complexity index is 486. The van der Waals surface area contributed by atoms with E-state index in [1.807, 2.05) is 0 Å². The standard InChI is InChI=1S/C11H12N2O4S/c12-6-7-1-2-8(9(5-7)13(16)17)11(15)10(14)3-4-18/h1-2,5,10-11,14-15,18H,3-4H2. The second kappa shape index (κ2) is 6.35. The fourth-order valence-electron chi connectivity index (χ4n) is 1.52. The monoisotopic (exact) mass is 268 g/mol. The molecule has 6 nitrogen and oxygen atoms in total. The molecule has 0 fully saturated rings. The highest BCUT2D eigenvalue weighted by molar-refractivity contribution is 7.80. The third-order valence-electron chi connectivity index (χ3n) is 2.46. The Morgan fingerprint density at radius 1 is 1.50 bits per heavy atom. The predicted molar refractivity (Wildman–Crippen MR) is 67.2 cm³/mol. The SMILES string of the molecule is N#Cc1ccc(C(O)C(O)CCS)c([N+](=O)[O-])c1. The molecule has 2 atom stereocenters. The molecule has 0 aromatic heterocycles. The minimum atomic E-state index is -1.37. The second-order valence-corrected chi connectivity index (χ2v) is 4.11. The van der Waals surface area contributed by atoms with Gasteiger partial charge in [-0.2, -0.15) is 17.9 Å². The molecule has 0 aliphatic carbocycles. The topological polar surface area (TPSA) is 107 Å². The number of benzene rings is 1. The van der Waals surface area contributed by atoms with E-state index in [2.05, 4.69) is 12.6 Å². The van der Waals surface area contributed by atoms with Crippen molar-refractivity contribution in [3.8, 4) is 6.07 Å². The molecule has 0 aliphatic heterocycles. The maximum absolute atomic E-state index is 10.9. The summed E-state index contributed by atoms with van der Waals surface area (Å²) in [7, 11) is 0. The average molecular weight is 268 g/mol. The lowest BCUT2D eigenvalue weighted by molar-refractivity contribution is -0.386. The third-order valence-corrected chi connectivity index (χ3v) is 2.72. The fourth-order valence-corrected chi connectivity index (χ4v) is 1.78. The van der Waals surface area contributed by atoms with Crippen LogP contribution in [-0.4, -0.2) is 27.0 Å². The van der Waals surface area contributed by atoms with Crippen molar-refractivity contribution in [2.45, 2.75) is 18.6 Å². The zero-order valence-electron chi connectivity index (χ0n) is 9.35. The molecule has 0 radical (unpaired) electrons. The quantitative estimate of drug-likeness (QED) is 0.422. The molecule has 2 N–H and O–H groups in total. The maximum atomic E-state index is 10.9. The highest BCUT2D eigenvalue weighted by Crippen LogP contribution is 2.29. The van der Waals surface area contributed by atoms with E-state index in [1.165, 1.54) is 12.1 Å². The Morgan fingerprint density at radius 3 is 2.67 bits per heavy atom. The highest BCUT2D eigenvalue weighted by atomic mass is 32.1. The summed E-state index contributed by atoms with van der Waals surface area (Å²) in [5, 5.41) is 39.0. The van der Waals surface area contributed by atoms with E-state index in [0.717, 1.165) is 6.07 Å². The van der Waals surface area contributed by atoms with Crippen LogP contribution >= 0.6 is 12.6 Å². The van der Waals surface area contributed by atoms with Gasteiger partial charge in [0, 0.05) is 6.07 Å². The average Bonchev–Trinajstić information content (AvgIpc) is 2.37. The van der Waals surface area contributed by atoms with Gasteiger partial charge in [-0.1, -0.05) is 0 Å². The molecule has 0 spiro atoms. The van der Waals surface area contributed by atoms with Gasteiger partial charge in [-0.3, -0.25) is 10.1 Å². The molecular weight excluding hydrogens is 256 g/mol. The van der Waals surface area contributed by atoms with E-state index >= 15 is 0 Å². The fraction of sp³-hybridized carbons (Fsp3) is 0.364. The van der Waals surface area contributed by atoms with Crippen molar-refractivity contribution in [3.63, 3.8) is 0 Å². The van der Waals surface area contributed by atoms with Crippen LogP contribution in [0.5, 0.6) is 0 Å². The van der Waals surface area contributed by atoms with Crippen LogP contribution in [0, 0.1) is 21.4 Å². The Labute approximate surface area is 109 Å². The number of aliphatic hydroxyl groups excluding tert-OH is 2. The summed E-state index contributed by atoms with van der Waals surface area (Å²) >= 11 is 3.92. The number of nitrogens with zero attached hydrogens (tertiary/aromatic N) is 2. The van der Waals surface area contributed by atoms with Gasteiger partial charge < -0.3 is 10.2 Å². The van der Waals surface area contributed by atoms with Crippen LogP contribution in [0.25, 0.3) is 0 Å². The number of thiol groups is 1. The number of hydrogen-bond donors (Lipinski definition) is 3. The first-order valence-electron chi connectivity index (χ1n) is 5.16. The maximum Gasteiger partial charge on any atom is 0.276 e. The molecule has 0 bridgehead atoms. The van der Waals surface area contributed by atoms with Gasteiger partial charge in [-0.15, -0.1) is 0 Å². The lowest BCUT2D eigenvalue weighted by Crippen LogP contribution is -2.19. The van der Waals surface area contributed by atoms with Crippen LogP contribution in [0.15, 0.2) is 18.2 Å². The number of hydrogen-bond acceptors (Lipinski definition) is 6. The smallest absolute Gasteiger partial charge is 0.276 e. The number of aliphatic hydroxyl groups is 2. The number of nitro groups is 1. The van der Waals surface area contributed by atoms with Crippen LogP contribution < -0.4 is 0 Å². The molecule has 1 aromatic carbocycles. The Balaban J connectivity index is 3.16. The molecule has 18 heavy (non-hydrogen) atoms. The lowest BCUT2D eigenvalue weighted by atomic mass is 9.99. The lowest BCUT2D eigenvalue weighted by Gasteiger charge is -2.17. The normalized spacial score (nSPS) is 13.7. The Hall–Kier alpha value is -1.62. The molecule has 0 aliphatic rings. The van der Waals surface area contributed by atoms with Crippen molar-refractivity contribution in [3.05, 3.63) is 39.4 Å². The summed E-state index contributed by atoms with van der Waals surface area (Å²) in [6, 6.07) is 5.50. The van der Waals surface area contributed by atoms with Gasteiger partial charge in [0.15, 0.2) is 0 Å². The van der Waals surface area contributed by atoms with Crippen LogP contribution in [-0.2, 0) is 0 Å².